The van der Waals surface area contributed by atoms with Crippen LogP contribution in [0.25, 0.3) is 22.3 Å². The first-order chi connectivity index (χ1) is 14.0. The summed E-state index contributed by atoms with van der Waals surface area (Å²) in [4.78, 5) is 0. The Morgan fingerprint density at radius 3 is 1.38 bits per heavy atom. The number of hydrogen-bond donors (Lipinski definition) is 0. The van der Waals surface area contributed by atoms with Gasteiger partial charge in [-0.2, -0.15) is 0 Å². The maximum absolute atomic E-state index is 2.47. The van der Waals surface area contributed by atoms with Gasteiger partial charge >= 0.3 is 0 Å². The molecule has 0 saturated heterocycles. The predicted molar refractivity (Wildman–Crippen MR) is 127 cm³/mol. The normalized spacial score (nSPS) is 15.0. The molecule has 2 aliphatic heterocycles. The Morgan fingerprint density at radius 1 is 0.483 bits per heavy atom. The summed E-state index contributed by atoms with van der Waals surface area (Å²) in [7, 11) is -2.23. The van der Waals surface area contributed by atoms with Crippen LogP contribution in [0.4, 0.5) is 0 Å². The van der Waals surface area contributed by atoms with Crippen molar-refractivity contribution in [1.82, 2.24) is 0 Å². The summed E-state index contributed by atoms with van der Waals surface area (Å²) in [6.45, 7) is 6.93. The molecule has 0 amide bonds. The molecular weight excluding hydrogens is 364 g/mol. The van der Waals surface area contributed by atoms with Crippen LogP contribution in [0, 0.1) is 0 Å². The average molecular weight is 389 g/mol. The molecule has 0 saturated carbocycles. The molecule has 0 radical (unpaired) electrons. The van der Waals surface area contributed by atoms with Gasteiger partial charge in [-0.1, -0.05) is 112 Å². The molecule has 140 valence electrons. The molecule has 1 heteroatoms. The van der Waals surface area contributed by atoms with E-state index >= 15 is 0 Å². The lowest BCUT2D eigenvalue weighted by atomic mass is 9.85. The van der Waals surface area contributed by atoms with Gasteiger partial charge < -0.3 is 0 Å². The van der Waals surface area contributed by atoms with Gasteiger partial charge in [-0.3, -0.25) is 0 Å². The first kappa shape index (κ1) is 17.0. The van der Waals surface area contributed by atoms with E-state index in [0.717, 1.165) is 0 Å². The number of fused-ring (bicyclic) bond motifs is 10. The van der Waals surface area contributed by atoms with Gasteiger partial charge in [-0.15, -0.1) is 0 Å². The third-order valence-electron chi connectivity index (χ3n) is 6.86. The minimum Gasteiger partial charge on any atom is -0.0623 e. The van der Waals surface area contributed by atoms with Crippen LogP contribution in [-0.2, 0) is 5.41 Å². The van der Waals surface area contributed by atoms with Gasteiger partial charge in [0.25, 0.3) is 0 Å². The summed E-state index contributed by atoms with van der Waals surface area (Å²) in [6, 6.07) is 34.7. The Balaban J connectivity index is 1.80. The zero-order chi connectivity index (χ0) is 19.8. The van der Waals surface area contributed by atoms with Crippen LogP contribution in [0.15, 0.2) is 91.0 Å². The molecule has 0 nitrogen and oxygen atoms in total. The summed E-state index contributed by atoms with van der Waals surface area (Å²) >= 11 is 0. The molecular formula is C28H24Si. The van der Waals surface area contributed by atoms with Crippen LogP contribution in [0.1, 0.15) is 26.3 Å². The number of rotatable bonds is 0. The molecule has 4 aromatic rings. The Morgan fingerprint density at radius 2 is 0.897 bits per heavy atom. The van der Waals surface area contributed by atoms with Crippen molar-refractivity contribution in [2.75, 3.05) is 0 Å². The maximum atomic E-state index is 2.47. The van der Waals surface area contributed by atoms with Gasteiger partial charge in [-0.25, -0.2) is 0 Å². The second kappa shape index (κ2) is 5.58. The van der Waals surface area contributed by atoms with E-state index in [1.807, 2.05) is 0 Å². The molecule has 0 aromatic heterocycles. The van der Waals surface area contributed by atoms with E-state index in [1.165, 1.54) is 27.8 Å². The highest BCUT2D eigenvalue weighted by atomic mass is 28.3. The average Bonchev–Trinajstić information content (AvgIpc) is 3.20. The smallest absolute Gasteiger partial charge is 0.0623 e. The SMILES string of the molecule is CC(C)(C)c1ccc2c(c1)-c1ccccc1[Si]21c2ccccc2-c2ccccc21. The van der Waals surface area contributed by atoms with Crippen LogP contribution < -0.4 is 20.7 Å². The van der Waals surface area contributed by atoms with Crippen molar-refractivity contribution in [3.8, 4) is 22.3 Å². The fourth-order valence-electron chi connectivity index (χ4n) is 5.57. The third kappa shape index (κ3) is 2.04. The molecule has 0 aliphatic carbocycles. The van der Waals surface area contributed by atoms with Crippen LogP contribution in [0.3, 0.4) is 0 Å². The lowest BCUT2D eigenvalue weighted by Crippen LogP contribution is -2.70. The van der Waals surface area contributed by atoms with Crippen LogP contribution in [0.2, 0.25) is 0 Å². The van der Waals surface area contributed by atoms with Gasteiger partial charge in [-0.05, 0) is 54.0 Å². The Bertz CT molecular complexity index is 1240. The minimum absolute atomic E-state index is 0.146. The lowest BCUT2D eigenvalue weighted by Gasteiger charge is -2.28. The summed E-state index contributed by atoms with van der Waals surface area (Å²) in [5.74, 6) is 0. The van der Waals surface area contributed by atoms with Gasteiger partial charge in [0.1, 0.15) is 0 Å². The molecule has 2 heterocycles. The van der Waals surface area contributed by atoms with Crippen LogP contribution >= 0.6 is 0 Å². The van der Waals surface area contributed by atoms with Gasteiger partial charge in [0.15, 0.2) is 8.07 Å². The molecule has 29 heavy (non-hydrogen) atoms. The molecule has 6 rings (SSSR count). The molecule has 0 unspecified atom stereocenters. The van der Waals surface area contributed by atoms with Crippen molar-refractivity contribution in [3.05, 3.63) is 96.6 Å². The standard InChI is InChI=1S/C28H24Si/c1-28(2,3)19-16-17-27-23(18-19)22-12-6-9-15-26(22)29(27)24-13-7-4-10-20(24)21-11-5-8-14-25(21)29/h4-18H,1-3H3. The van der Waals surface area contributed by atoms with Gasteiger partial charge in [0.2, 0.25) is 0 Å². The van der Waals surface area contributed by atoms with Crippen molar-refractivity contribution in [3.63, 3.8) is 0 Å². The van der Waals surface area contributed by atoms with Crippen molar-refractivity contribution < 1.29 is 0 Å². The summed E-state index contributed by atoms with van der Waals surface area (Å²) in [6.07, 6.45) is 0. The first-order valence-corrected chi connectivity index (χ1v) is 12.5. The van der Waals surface area contributed by atoms with Crippen molar-refractivity contribution in [2.24, 2.45) is 0 Å². The molecule has 0 atom stereocenters. The predicted octanol–water partition coefficient (Wildman–Crippen LogP) is 4.32. The van der Waals surface area contributed by atoms with E-state index in [2.05, 4.69) is 112 Å². The topological polar surface area (TPSA) is 0 Å². The number of benzene rings is 4. The highest BCUT2D eigenvalue weighted by molar-refractivity contribution is 7.24. The Hall–Kier alpha value is -2.90. The highest BCUT2D eigenvalue weighted by Gasteiger charge is 2.53. The molecule has 0 N–H and O–H groups in total. The third-order valence-corrected chi connectivity index (χ3v) is 11.8. The largest absolute Gasteiger partial charge is 0.182 e. The molecule has 2 aliphatic rings. The van der Waals surface area contributed by atoms with Crippen molar-refractivity contribution in [1.29, 1.82) is 0 Å². The maximum Gasteiger partial charge on any atom is 0.182 e. The fourth-order valence-corrected chi connectivity index (χ4v) is 11.2. The highest BCUT2D eigenvalue weighted by Crippen LogP contribution is 2.37. The van der Waals surface area contributed by atoms with Crippen LogP contribution in [-0.4, -0.2) is 8.07 Å². The Labute approximate surface area is 173 Å². The van der Waals surface area contributed by atoms with E-state index in [9.17, 15) is 0 Å². The van der Waals surface area contributed by atoms with E-state index in [4.69, 9.17) is 0 Å². The number of hydrogen-bond acceptors (Lipinski definition) is 0. The van der Waals surface area contributed by atoms with E-state index in [-0.39, 0.29) is 5.41 Å². The minimum atomic E-state index is -2.23. The molecule has 0 bridgehead atoms. The van der Waals surface area contributed by atoms with Gasteiger partial charge in [0.05, 0.1) is 0 Å². The van der Waals surface area contributed by atoms with Crippen molar-refractivity contribution >= 4 is 28.8 Å². The fraction of sp³-hybridized carbons (Fsp3) is 0.143. The summed E-state index contributed by atoms with van der Waals surface area (Å²) < 4.78 is 0. The quantitative estimate of drug-likeness (QED) is 0.340. The van der Waals surface area contributed by atoms with Gasteiger partial charge in [0, 0.05) is 0 Å². The molecule has 1 spiro atoms. The van der Waals surface area contributed by atoms with Crippen LogP contribution in [0.5, 0.6) is 0 Å². The first-order valence-electron chi connectivity index (χ1n) is 10.5. The second-order valence-corrected chi connectivity index (χ2v) is 13.1. The molecule has 4 aromatic carbocycles. The summed E-state index contributed by atoms with van der Waals surface area (Å²) in [5.41, 5.74) is 7.30. The monoisotopic (exact) mass is 388 g/mol. The zero-order valence-corrected chi connectivity index (χ0v) is 18.2. The zero-order valence-electron chi connectivity index (χ0n) is 17.2. The Kier molecular flexibility index (Phi) is 3.27. The van der Waals surface area contributed by atoms with E-state index in [1.54, 1.807) is 20.7 Å². The lowest BCUT2D eigenvalue weighted by molar-refractivity contribution is 0.590. The summed E-state index contributed by atoms with van der Waals surface area (Å²) in [5, 5.41) is 6.22. The second-order valence-electron chi connectivity index (χ2n) is 9.40. The van der Waals surface area contributed by atoms with Crippen molar-refractivity contribution in [2.45, 2.75) is 26.2 Å². The van der Waals surface area contributed by atoms with E-state index < -0.39 is 8.07 Å². The molecule has 0 fully saturated rings. The van der Waals surface area contributed by atoms with E-state index in [0.29, 0.717) is 0 Å².